The molecular formula is C14H10Cl2N4OS. The first-order chi connectivity index (χ1) is 10.6. The normalized spacial score (nSPS) is 11.9. The van der Waals surface area contributed by atoms with E-state index in [2.05, 4.69) is 15.5 Å². The molecule has 2 heterocycles. The predicted octanol–water partition coefficient (Wildman–Crippen LogP) is 3.19. The molecule has 3 aromatic rings. The molecule has 2 aromatic heterocycles. The van der Waals surface area contributed by atoms with Crippen LogP contribution < -0.4 is 10.2 Å². The zero-order chi connectivity index (χ0) is 15.7. The number of carbonyl (C=O) groups excluding carboxylic acids is 1. The van der Waals surface area contributed by atoms with Gasteiger partial charge in [-0.15, -0.1) is 5.10 Å². The second kappa shape index (κ2) is 6.08. The molecule has 0 saturated heterocycles. The lowest BCUT2D eigenvalue weighted by atomic mass is 10.3. The minimum atomic E-state index is -0.400. The van der Waals surface area contributed by atoms with Gasteiger partial charge in [-0.25, -0.2) is 10.4 Å². The summed E-state index contributed by atoms with van der Waals surface area (Å²) in [5.74, 6) is -0.400. The molecule has 22 heavy (non-hydrogen) atoms. The van der Waals surface area contributed by atoms with Crippen molar-refractivity contribution in [2.75, 3.05) is 0 Å². The fraction of sp³-hybridized carbons (Fsp3) is 0.0714. The number of hydrogen-bond acceptors (Lipinski definition) is 4. The smallest absolute Gasteiger partial charge is 0.273 e. The number of carbonyl (C=O) groups is 1. The molecule has 3 rings (SSSR count). The highest BCUT2D eigenvalue weighted by Crippen LogP contribution is 2.19. The van der Waals surface area contributed by atoms with Gasteiger partial charge in [0.1, 0.15) is 5.15 Å². The number of benzene rings is 1. The van der Waals surface area contributed by atoms with Crippen molar-refractivity contribution in [3.8, 4) is 0 Å². The Morgan fingerprint density at radius 1 is 1.36 bits per heavy atom. The highest BCUT2D eigenvalue weighted by atomic mass is 35.5. The number of halogens is 2. The first kappa shape index (κ1) is 15.0. The van der Waals surface area contributed by atoms with Gasteiger partial charge in [-0.3, -0.25) is 4.79 Å². The van der Waals surface area contributed by atoms with Gasteiger partial charge in [0.2, 0.25) is 4.80 Å². The third kappa shape index (κ3) is 2.85. The van der Waals surface area contributed by atoms with Gasteiger partial charge < -0.3 is 4.57 Å². The second-order valence-electron chi connectivity index (χ2n) is 4.46. The molecule has 0 aliphatic heterocycles. The van der Waals surface area contributed by atoms with Crippen LogP contribution in [-0.4, -0.2) is 15.5 Å². The summed E-state index contributed by atoms with van der Waals surface area (Å²) in [5, 5.41) is 4.53. The van der Waals surface area contributed by atoms with E-state index < -0.39 is 5.91 Å². The lowest BCUT2D eigenvalue weighted by Gasteiger charge is -2.01. The topological polar surface area (TPSA) is 59.3 Å². The second-order valence-corrected chi connectivity index (χ2v) is 6.24. The van der Waals surface area contributed by atoms with E-state index in [9.17, 15) is 4.79 Å². The van der Waals surface area contributed by atoms with E-state index in [1.807, 2.05) is 35.9 Å². The van der Waals surface area contributed by atoms with Crippen molar-refractivity contribution in [2.24, 2.45) is 12.1 Å². The maximum absolute atomic E-state index is 12.1. The van der Waals surface area contributed by atoms with Crippen LogP contribution in [0.1, 0.15) is 10.4 Å². The molecule has 0 aliphatic carbocycles. The Kier molecular flexibility index (Phi) is 4.15. The molecule has 0 bridgehead atoms. The largest absolute Gasteiger partial charge is 0.318 e. The van der Waals surface area contributed by atoms with Crippen molar-refractivity contribution in [1.82, 2.24) is 15.0 Å². The van der Waals surface area contributed by atoms with Gasteiger partial charge in [0.15, 0.2) is 0 Å². The molecular weight excluding hydrogens is 343 g/mol. The standard InChI is InChI=1S/C14H10Cl2N4OS/c1-20-10-4-2-3-5-11(10)22-14(20)19-18-13(21)8-6-9(15)12(16)17-7-8/h2-7H,1H3,(H,18,21)/b19-14+. The van der Waals surface area contributed by atoms with Crippen molar-refractivity contribution >= 4 is 50.7 Å². The van der Waals surface area contributed by atoms with Crippen LogP contribution in [0.5, 0.6) is 0 Å². The monoisotopic (exact) mass is 352 g/mol. The number of aryl methyl sites for hydroxylation is 1. The van der Waals surface area contributed by atoms with Crippen LogP contribution in [0.4, 0.5) is 0 Å². The molecule has 8 heteroatoms. The summed E-state index contributed by atoms with van der Waals surface area (Å²) in [6, 6.07) is 9.37. The molecule has 1 amide bonds. The molecule has 112 valence electrons. The van der Waals surface area contributed by atoms with Crippen molar-refractivity contribution in [3.63, 3.8) is 0 Å². The van der Waals surface area contributed by atoms with Crippen LogP contribution in [0.25, 0.3) is 10.2 Å². The highest BCUT2D eigenvalue weighted by Gasteiger charge is 2.09. The van der Waals surface area contributed by atoms with Crippen LogP contribution in [0, 0.1) is 0 Å². The summed E-state index contributed by atoms with van der Waals surface area (Å²) in [6.45, 7) is 0. The Labute approximate surface area is 139 Å². The average Bonchev–Trinajstić information content (AvgIpc) is 2.84. The number of fused-ring (bicyclic) bond motifs is 1. The van der Waals surface area contributed by atoms with Crippen LogP contribution in [0.3, 0.4) is 0 Å². The Morgan fingerprint density at radius 2 is 2.14 bits per heavy atom. The molecule has 0 saturated carbocycles. The average molecular weight is 353 g/mol. The van der Waals surface area contributed by atoms with Crippen LogP contribution >= 0.6 is 34.5 Å². The van der Waals surface area contributed by atoms with Crippen LogP contribution in [0.2, 0.25) is 10.2 Å². The summed E-state index contributed by atoms with van der Waals surface area (Å²) in [5.41, 5.74) is 3.84. The molecule has 1 N–H and O–H groups in total. The number of rotatable bonds is 2. The third-order valence-corrected chi connectivity index (χ3v) is 4.83. The number of nitrogens with one attached hydrogen (secondary N) is 1. The number of pyridine rings is 1. The Morgan fingerprint density at radius 3 is 2.86 bits per heavy atom. The summed E-state index contributed by atoms with van der Waals surface area (Å²) in [6.07, 6.45) is 1.35. The third-order valence-electron chi connectivity index (χ3n) is 3.03. The zero-order valence-electron chi connectivity index (χ0n) is 11.4. The molecule has 1 aromatic carbocycles. The highest BCUT2D eigenvalue weighted by molar-refractivity contribution is 7.16. The number of para-hydroxylation sites is 1. The zero-order valence-corrected chi connectivity index (χ0v) is 13.7. The Balaban J connectivity index is 1.90. The first-order valence-electron chi connectivity index (χ1n) is 6.26. The van der Waals surface area contributed by atoms with Gasteiger partial charge in [-0.2, -0.15) is 0 Å². The number of aromatic nitrogens is 2. The summed E-state index contributed by atoms with van der Waals surface area (Å²) in [7, 11) is 1.89. The van der Waals surface area contributed by atoms with E-state index >= 15 is 0 Å². The molecule has 5 nitrogen and oxygen atoms in total. The maximum Gasteiger partial charge on any atom is 0.273 e. The number of hydrogen-bond donors (Lipinski definition) is 1. The molecule has 0 aliphatic rings. The number of thiazole rings is 1. The minimum Gasteiger partial charge on any atom is -0.318 e. The van der Waals surface area contributed by atoms with Gasteiger partial charge in [-0.1, -0.05) is 46.7 Å². The minimum absolute atomic E-state index is 0.158. The van der Waals surface area contributed by atoms with E-state index in [-0.39, 0.29) is 10.2 Å². The fourth-order valence-electron chi connectivity index (χ4n) is 1.90. The number of nitrogens with zero attached hydrogens (tertiary/aromatic N) is 3. The van der Waals surface area contributed by atoms with E-state index in [1.54, 1.807) is 0 Å². The Hall–Kier alpha value is -1.89. The maximum atomic E-state index is 12.1. The van der Waals surface area contributed by atoms with Gasteiger partial charge in [0.05, 0.1) is 20.8 Å². The van der Waals surface area contributed by atoms with E-state index in [0.717, 1.165) is 10.2 Å². The van der Waals surface area contributed by atoms with Crippen LogP contribution in [-0.2, 0) is 7.05 Å². The predicted molar refractivity (Wildman–Crippen MR) is 88.1 cm³/mol. The van der Waals surface area contributed by atoms with Crippen molar-refractivity contribution in [3.05, 3.63) is 57.1 Å². The SMILES string of the molecule is Cn1/c(=N\NC(=O)c2cnc(Cl)c(Cl)c2)sc2ccccc21. The van der Waals surface area contributed by atoms with Crippen molar-refractivity contribution in [2.45, 2.75) is 0 Å². The summed E-state index contributed by atoms with van der Waals surface area (Å²) >= 11 is 13.1. The lowest BCUT2D eigenvalue weighted by molar-refractivity contribution is 0.0952. The lowest BCUT2D eigenvalue weighted by Crippen LogP contribution is -2.23. The Bertz CT molecular complexity index is 932. The fourth-order valence-corrected chi connectivity index (χ4v) is 3.15. The summed E-state index contributed by atoms with van der Waals surface area (Å²) < 4.78 is 3.00. The number of amides is 1. The van der Waals surface area contributed by atoms with Crippen molar-refractivity contribution in [1.29, 1.82) is 0 Å². The van der Waals surface area contributed by atoms with E-state index in [0.29, 0.717) is 10.4 Å². The molecule has 0 fully saturated rings. The van der Waals surface area contributed by atoms with E-state index in [4.69, 9.17) is 23.2 Å². The molecule has 0 atom stereocenters. The van der Waals surface area contributed by atoms with E-state index in [1.165, 1.54) is 23.6 Å². The quantitative estimate of drug-likeness (QED) is 0.568. The van der Waals surface area contributed by atoms with Gasteiger partial charge in [0, 0.05) is 13.2 Å². The van der Waals surface area contributed by atoms with Gasteiger partial charge in [-0.05, 0) is 18.2 Å². The van der Waals surface area contributed by atoms with Gasteiger partial charge in [0.25, 0.3) is 5.91 Å². The molecule has 0 radical (unpaired) electrons. The van der Waals surface area contributed by atoms with Gasteiger partial charge >= 0.3 is 0 Å². The first-order valence-corrected chi connectivity index (χ1v) is 7.83. The molecule has 0 unspecified atom stereocenters. The molecule has 0 spiro atoms. The van der Waals surface area contributed by atoms with Crippen molar-refractivity contribution < 1.29 is 4.79 Å². The van der Waals surface area contributed by atoms with Crippen LogP contribution in [0.15, 0.2) is 41.6 Å². The summed E-state index contributed by atoms with van der Waals surface area (Å²) in [4.78, 5) is 16.6.